The van der Waals surface area contributed by atoms with E-state index in [0.717, 1.165) is 11.1 Å². The Morgan fingerprint density at radius 2 is 1.64 bits per heavy atom. The molecule has 0 aliphatic rings. The molecule has 1 atom stereocenters. The molecule has 8 heteroatoms. The third-order valence-electron chi connectivity index (χ3n) is 3.55. The van der Waals surface area contributed by atoms with Crippen molar-refractivity contribution in [2.75, 3.05) is 12.0 Å². The number of hydrogen-bond acceptors (Lipinski definition) is 4. The molecule has 0 amide bonds. The van der Waals surface area contributed by atoms with Crippen molar-refractivity contribution in [2.24, 2.45) is 0 Å². The van der Waals surface area contributed by atoms with E-state index in [1.165, 1.54) is 23.9 Å². The summed E-state index contributed by atoms with van der Waals surface area (Å²) in [7, 11) is -3.90. The molecule has 2 aromatic carbocycles. The third-order valence-corrected chi connectivity index (χ3v) is 5.93. The molecule has 5 nitrogen and oxygen atoms in total. The summed E-state index contributed by atoms with van der Waals surface area (Å²) in [6, 6.07) is 12.3. The summed E-state index contributed by atoms with van der Waals surface area (Å²) < 4.78 is 27.1. The number of nitrogens with one attached hydrogen (secondary N) is 1. The van der Waals surface area contributed by atoms with Gasteiger partial charge in [0.25, 0.3) is 0 Å². The summed E-state index contributed by atoms with van der Waals surface area (Å²) in [5, 5.41) is 9.80. The van der Waals surface area contributed by atoms with Crippen molar-refractivity contribution >= 4 is 39.4 Å². The topological polar surface area (TPSA) is 83.5 Å². The molecule has 0 aliphatic carbocycles. The van der Waals surface area contributed by atoms with Crippen molar-refractivity contribution in [1.29, 1.82) is 0 Å². The van der Waals surface area contributed by atoms with Crippen LogP contribution in [0.1, 0.15) is 6.42 Å². The summed E-state index contributed by atoms with van der Waals surface area (Å²) in [6.45, 7) is 0. The first-order valence-electron chi connectivity index (χ1n) is 7.43. The number of halogens is 1. The molecule has 0 spiro atoms. The average Bonchev–Trinajstić information content (AvgIpc) is 2.59. The molecule has 0 heterocycles. The van der Waals surface area contributed by atoms with Gasteiger partial charge in [-0.25, -0.2) is 8.42 Å². The predicted molar refractivity (Wildman–Crippen MR) is 102 cm³/mol. The number of benzene rings is 2. The highest BCUT2D eigenvalue weighted by Crippen LogP contribution is 2.23. The van der Waals surface area contributed by atoms with Gasteiger partial charge >= 0.3 is 5.97 Å². The number of rotatable bonds is 8. The summed E-state index contributed by atoms with van der Waals surface area (Å²) >= 11 is 7.32. The van der Waals surface area contributed by atoms with Crippen molar-refractivity contribution in [1.82, 2.24) is 4.72 Å². The largest absolute Gasteiger partial charge is 0.480 e. The first kappa shape index (κ1) is 19.8. The fraction of sp³-hybridized carbons (Fsp3) is 0.235. The van der Waals surface area contributed by atoms with Crippen LogP contribution in [0.3, 0.4) is 0 Å². The van der Waals surface area contributed by atoms with Gasteiger partial charge in [0.05, 0.1) is 4.90 Å². The van der Waals surface area contributed by atoms with Gasteiger partial charge in [-0.3, -0.25) is 4.79 Å². The van der Waals surface area contributed by atoms with Crippen LogP contribution >= 0.6 is 23.4 Å². The van der Waals surface area contributed by atoms with Gasteiger partial charge in [-0.05, 0) is 53.8 Å². The SMILES string of the molecule is CSCC[C@@H](NS(=O)(=O)c1ccc(-c2ccc(Cl)cc2)cc1)C(=O)O. The molecule has 134 valence electrons. The second-order valence-electron chi connectivity index (χ2n) is 5.32. The minimum atomic E-state index is -3.90. The molecular formula is C17H18ClNO4S2. The van der Waals surface area contributed by atoms with Gasteiger partial charge < -0.3 is 5.11 Å². The van der Waals surface area contributed by atoms with Gasteiger partial charge in [-0.15, -0.1) is 0 Å². The van der Waals surface area contributed by atoms with Crippen LogP contribution in [0.15, 0.2) is 53.4 Å². The Labute approximate surface area is 156 Å². The van der Waals surface area contributed by atoms with Gasteiger partial charge in [-0.1, -0.05) is 35.9 Å². The predicted octanol–water partition coefficient (Wildman–Crippen LogP) is 3.49. The lowest BCUT2D eigenvalue weighted by Gasteiger charge is -2.14. The summed E-state index contributed by atoms with van der Waals surface area (Å²) in [4.78, 5) is 11.3. The molecule has 2 N–H and O–H groups in total. The summed E-state index contributed by atoms with van der Waals surface area (Å²) in [6.07, 6.45) is 2.06. The molecule has 2 aromatic rings. The fourth-order valence-electron chi connectivity index (χ4n) is 2.19. The van der Waals surface area contributed by atoms with E-state index < -0.39 is 22.0 Å². The summed E-state index contributed by atoms with van der Waals surface area (Å²) in [5.74, 6) is -0.634. The zero-order valence-electron chi connectivity index (χ0n) is 13.5. The highest BCUT2D eigenvalue weighted by atomic mass is 35.5. The van der Waals surface area contributed by atoms with E-state index in [9.17, 15) is 18.3 Å². The number of carboxylic acid groups (broad SMARTS) is 1. The van der Waals surface area contributed by atoms with Crippen LogP contribution in [0.5, 0.6) is 0 Å². The minimum absolute atomic E-state index is 0.0283. The van der Waals surface area contributed by atoms with Gasteiger partial charge in [0.1, 0.15) is 6.04 Å². The van der Waals surface area contributed by atoms with Crippen molar-refractivity contribution in [3.05, 3.63) is 53.6 Å². The number of sulfonamides is 1. The van der Waals surface area contributed by atoms with Crippen molar-refractivity contribution in [2.45, 2.75) is 17.4 Å². The molecule has 0 aromatic heterocycles. The van der Waals surface area contributed by atoms with Crippen molar-refractivity contribution in [3.63, 3.8) is 0 Å². The molecular weight excluding hydrogens is 382 g/mol. The Bertz CT molecular complexity index is 821. The molecule has 0 saturated carbocycles. The fourth-order valence-corrected chi connectivity index (χ4v) is 4.01. The zero-order valence-corrected chi connectivity index (χ0v) is 15.9. The Morgan fingerprint density at radius 3 is 2.12 bits per heavy atom. The van der Waals surface area contributed by atoms with Crippen LogP contribution in [0.25, 0.3) is 11.1 Å². The highest BCUT2D eigenvalue weighted by molar-refractivity contribution is 7.98. The number of hydrogen-bond donors (Lipinski definition) is 2. The highest BCUT2D eigenvalue weighted by Gasteiger charge is 2.24. The number of aliphatic carboxylic acids is 1. The van der Waals surface area contributed by atoms with Crippen molar-refractivity contribution < 1.29 is 18.3 Å². The standard InChI is InChI=1S/C17H18ClNO4S2/c1-24-11-10-16(17(20)21)19-25(22,23)15-8-4-13(5-9-15)12-2-6-14(18)7-3-12/h2-9,16,19H,10-11H2,1H3,(H,20,21)/t16-/m1/s1. The van der Waals surface area contributed by atoms with Gasteiger partial charge in [0, 0.05) is 5.02 Å². The van der Waals surface area contributed by atoms with Crippen LogP contribution < -0.4 is 4.72 Å². The number of carboxylic acids is 1. The maximum absolute atomic E-state index is 12.4. The molecule has 0 unspecified atom stereocenters. The zero-order chi connectivity index (χ0) is 18.4. The molecule has 0 fully saturated rings. The van der Waals surface area contributed by atoms with E-state index in [1.807, 2.05) is 18.4 Å². The molecule has 2 rings (SSSR count). The third kappa shape index (κ3) is 5.47. The van der Waals surface area contributed by atoms with Gasteiger partial charge in [0.15, 0.2) is 0 Å². The lowest BCUT2D eigenvalue weighted by Crippen LogP contribution is -2.41. The van der Waals surface area contributed by atoms with E-state index in [-0.39, 0.29) is 11.3 Å². The Hall–Kier alpha value is -1.54. The van der Waals surface area contributed by atoms with Crippen molar-refractivity contribution in [3.8, 4) is 11.1 Å². The van der Waals surface area contributed by atoms with Gasteiger partial charge in [-0.2, -0.15) is 16.5 Å². The molecule has 25 heavy (non-hydrogen) atoms. The van der Waals surface area contributed by atoms with Crippen LogP contribution in [0.4, 0.5) is 0 Å². The van der Waals surface area contributed by atoms with Crippen LogP contribution in [-0.4, -0.2) is 37.5 Å². The smallest absolute Gasteiger partial charge is 0.321 e. The van der Waals surface area contributed by atoms with Crippen LogP contribution in [0, 0.1) is 0 Å². The van der Waals surface area contributed by atoms with Gasteiger partial charge in [0.2, 0.25) is 10.0 Å². The van der Waals surface area contributed by atoms with E-state index in [2.05, 4.69) is 4.72 Å². The second-order valence-corrected chi connectivity index (χ2v) is 8.46. The Morgan fingerprint density at radius 1 is 1.12 bits per heavy atom. The second kappa shape index (κ2) is 8.71. The lowest BCUT2D eigenvalue weighted by molar-refractivity contribution is -0.139. The maximum atomic E-state index is 12.4. The Kier molecular flexibility index (Phi) is 6.89. The maximum Gasteiger partial charge on any atom is 0.321 e. The molecule has 0 saturated heterocycles. The van der Waals surface area contributed by atoms with E-state index >= 15 is 0 Å². The van der Waals surface area contributed by atoms with E-state index in [1.54, 1.807) is 24.3 Å². The van der Waals surface area contributed by atoms with Crippen LogP contribution in [0.2, 0.25) is 5.02 Å². The summed E-state index contributed by atoms with van der Waals surface area (Å²) in [5.41, 5.74) is 1.75. The first-order chi connectivity index (χ1) is 11.8. The quantitative estimate of drug-likeness (QED) is 0.709. The van der Waals surface area contributed by atoms with Crippen LogP contribution in [-0.2, 0) is 14.8 Å². The lowest BCUT2D eigenvalue weighted by atomic mass is 10.1. The normalized spacial score (nSPS) is 12.7. The average molecular weight is 400 g/mol. The van der Waals surface area contributed by atoms with E-state index in [4.69, 9.17) is 11.6 Å². The van der Waals surface area contributed by atoms with E-state index in [0.29, 0.717) is 10.8 Å². The first-order valence-corrected chi connectivity index (χ1v) is 10.7. The number of thioether (sulfide) groups is 1. The Balaban J connectivity index is 2.19. The molecule has 0 bridgehead atoms. The minimum Gasteiger partial charge on any atom is -0.480 e. The number of carbonyl (C=O) groups is 1. The molecule has 0 aliphatic heterocycles. The molecule has 0 radical (unpaired) electrons. The monoisotopic (exact) mass is 399 g/mol.